The zero-order valence-corrected chi connectivity index (χ0v) is 17.6. The average molecular weight is 356 g/mol. The Morgan fingerprint density at radius 2 is 1.54 bits per heavy atom. The lowest BCUT2D eigenvalue weighted by atomic mass is 9.73. The minimum Gasteiger partial charge on any atom is -0.303 e. The predicted molar refractivity (Wildman–Crippen MR) is 114 cm³/mol. The predicted octanol–water partition coefficient (Wildman–Crippen LogP) is 6.60. The molecule has 0 aromatic heterocycles. The van der Waals surface area contributed by atoms with E-state index in [-0.39, 0.29) is 0 Å². The number of hydrogen-bond donors (Lipinski definition) is 0. The largest absolute Gasteiger partial charge is 0.303 e. The number of hydrogen-bond acceptors (Lipinski definition) is 1. The highest BCUT2D eigenvalue weighted by molar-refractivity contribution is 5.28. The molecule has 1 saturated carbocycles. The Morgan fingerprint density at radius 3 is 2.19 bits per heavy atom. The van der Waals surface area contributed by atoms with Gasteiger partial charge in [-0.2, -0.15) is 0 Å². The van der Waals surface area contributed by atoms with Crippen LogP contribution < -0.4 is 0 Å². The monoisotopic (exact) mass is 355 g/mol. The summed E-state index contributed by atoms with van der Waals surface area (Å²) >= 11 is 0. The van der Waals surface area contributed by atoms with Crippen molar-refractivity contribution in [3.63, 3.8) is 0 Å². The van der Waals surface area contributed by atoms with Gasteiger partial charge in [0.1, 0.15) is 0 Å². The molecular formula is C25H41N. The van der Waals surface area contributed by atoms with Crippen LogP contribution in [0, 0.1) is 11.8 Å². The maximum absolute atomic E-state index is 2.68. The quantitative estimate of drug-likeness (QED) is 0.532. The van der Waals surface area contributed by atoms with Gasteiger partial charge in [-0.25, -0.2) is 0 Å². The van der Waals surface area contributed by atoms with E-state index < -0.39 is 0 Å². The Hall–Kier alpha value is -0.820. The molecule has 0 amide bonds. The van der Waals surface area contributed by atoms with Crippen LogP contribution in [0.15, 0.2) is 24.3 Å². The molecule has 0 radical (unpaired) electrons. The van der Waals surface area contributed by atoms with Gasteiger partial charge in [-0.15, -0.1) is 0 Å². The summed E-state index contributed by atoms with van der Waals surface area (Å²) in [6.07, 6.45) is 14.1. The second-order valence-corrected chi connectivity index (χ2v) is 9.96. The second-order valence-electron chi connectivity index (χ2n) is 9.96. The van der Waals surface area contributed by atoms with Gasteiger partial charge in [0, 0.05) is 6.54 Å². The van der Waals surface area contributed by atoms with Crippen LogP contribution in [-0.4, -0.2) is 24.5 Å². The molecule has 1 unspecified atom stereocenters. The lowest BCUT2D eigenvalue weighted by Crippen LogP contribution is -2.34. The molecule has 1 nitrogen and oxygen atoms in total. The normalized spacial score (nSPS) is 21.7. The van der Waals surface area contributed by atoms with E-state index in [9.17, 15) is 0 Å². The van der Waals surface area contributed by atoms with Crippen molar-refractivity contribution in [2.45, 2.75) is 90.4 Å². The van der Waals surface area contributed by atoms with Gasteiger partial charge >= 0.3 is 0 Å². The third-order valence-corrected chi connectivity index (χ3v) is 6.86. The molecule has 0 N–H and O–H groups in total. The molecule has 1 aliphatic carbocycles. The summed E-state index contributed by atoms with van der Waals surface area (Å²) in [5.74, 6) is 1.71. The van der Waals surface area contributed by atoms with Gasteiger partial charge in [0.15, 0.2) is 0 Å². The lowest BCUT2D eigenvalue weighted by Gasteiger charge is -2.32. The first-order valence-corrected chi connectivity index (χ1v) is 11.3. The maximum atomic E-state index is 2.68. The standard InChI is InChI=1S/C25H41N/c1-21(20-26-16-8-5-9-17-26)18-22-12-14-24(15-13-22)25(2,3)19-23-10-6-4-7-11-23/h12-15,21,23H,4-11,16-20H2,1-3H3. The molecule has 1 aliphatic heterocycles. The number of rotatable bonds is 7. The van der Waals surface area contributed by atoms with Gasteiger partial charge < -0.3 is 4.90 Å². The minimum atomic E-state index is 0.319. The van der Waals surface area contributed by atoms with E-state index in [2.05, 4.69) is 49.9 Å². The highest BCUT2D eigenvalue weighted by atomic mass is 15.1. The lowest BCUT2D eigenvalue weighted by molar-refractivity contribution is 0.200. The summed E-state index contributed by atoms with van der Waals surface area (Å²) in [5, 5.41) is 0. The molecular weight excluding hydrogens is 314 g/mol. The number of piperidine rings is 1. The third-order valence-electron chi connectivity index (χ3n) is 6.86. The Bertz CT molecular complexity index is 518. The fourth-order valence-corrected chi connectivity index (χ4v) is 5.37. The van der Waals surface area contributed by atoms with Crippen molar-refractivity contribution in [2.75, 3.05) is 19.6 Å². The molecule has 146 valence electrons. The van der Waals surface area contributed by atoms with Crippen LogP contribution >= 0.6 is 0 Å². The summed E-state index contributed by atoms with van der Waals surface area (Å²) < 4.78 is 0. The molecule has 26 heavy (non-hydrogen) atoms. The number of benzene rings is 1. The topological polar surface area (TPSA) is 3.24 Å². The van der Waals surface area contributed by atoms with E-state index in [1.54, 1.807) is 0 Å². The first-order chi connectivity index (χ1) is 12.5. The molecule has 2 aliphatic rings. The van der Waals surface area contributed by atoms with E-state index >= 15 is 0 Å². The molecule has 1 heteroatoms. The fourth-order valence-electron chi connectivity index (χ4n) is 5.37. The summed E-state index contributed by atoms with van der Waals surface area (Å²) in [5.41, 5.74) is 3.38. The zero-order valence-electron chi connectivity index (χ0n) is 17.6. The molecule has 1 aromatic rings. The van der Waals surface area contributed by atoms with Gasteiger partial charge in [0.05, 0.1) is 0 Å². The van der Waals surface area contributed by atoms with Gasteiger partial charge in [-0.3, -0.25) is 0 Å². The van der Waals surface area contributed by atoms with Gasteiger partial charge in [-0.1, -0.05) is 83.6 Å². The van der Waals surface area contributed by atoms with Crippen LogP contribution in [0.5, 0.6) is 0 Å². The molecule has 1 heterocycles. The summed E-state index contributed by atoms with van der Waals surface area (Å²) in [6, 6.07) is 9.66. The Balaban J connectivity index is 1.51. The summed E-state index contributed by atoms with van der Waals surface area (Å²) in [7, 11) is 0. The summed E-state index contributed by atoms with van der Waals surface area (Å²) in [6.45, 7) is 11.2. The second kappa shape index (κ2) is 9.40. The van der Waals surface area contributed by atoms with E-state index in [0.717, 1.165) is 11.8 Å². The maximum Gasteiger partial charge on any atom is 0.00102 e. The number of nitrogens with zero attached hydrogens (tertiary/aromatic N) is 1. The molecule has 0 spiro atoms. The Kier molecular flexibility index (Phi) is 7.20. The first-order valence-electron chi connectivity index (χ1n) is 11.3. The average Bonchev–Trinajstić information content (AvgIpc) is 2.63. The smallest absolute Gasteiger partial charge is 0.00102 e. The highest BCUT2D eigenvalue weighted by Gasteiger charge is 2.26. The van der Waals surface area contributed by atoms with Crippen LogP contribution in [0.4, 0.5) is 0 Å². The van der Waals surface area contributed by atoms with Gasteiger partial charge in [0.25, 0.3) is 0 Å². The zero-order chi connectivity index (χ0) is 18.4. The Morgan fingerprint density at radius 1 is 0.923 bits per heavy atom. The third kappa shape index (κ3) is 5.84. The summed E-state index contributed by atoms with van der Waals surface area (Å²) in [4.78, 5) is 2.68. The van der Waals surface area contributed by atoms with Crippen LogP contribution in [0.2, 0.25) is 0 Å². The first kappa shape index (κ1) is 19.9. The molecule has 1 aromatic carbocycles. The molecule has 3 rings (SSSR count). The number of likely N-dealkylation sites (tertiary alicyclic amines) is 1. The van der Waals surface area contributed by atoms with Crippen molar-refractivity contribution in [1.29, 1.82) is 0 Å². The van der Waals surface area contributed by atoms with E-state index in [0.29, 0.717) is 5.41 Å². The van der Waals surface area contributed by atoms with Crippen LogP contribution in [0.1, 0.15) is 89.7 Å². The van der Waals surface area contributed by atoms with Gasteiger partial charge in [-0.05, 0) is 67.2 Å². The van der Waals surface area contributed by atoms with Gasteiger partial charge in [0.2, 0.25) is 0 Å². The van der Waals surface area contributed by atoms with E-state index in [1.165, 1.54) is 95.0 Å². The van der Waals surface area contributed by atoms with E-state index in [1.807, 2.05) is 0 Å². The molecule has 2 fully saturated rings. The van der Waals surface area contributed by atoms with Crippen LogP contribution in [0.25, 0.3) is 0 Å². The van der Waals surface area contributed by atoms with Crippen molar-refractivity contribution in [3.8, 4) is 0 Å². The minimum absolute atomic E-state index is 0.319. The molecule has 0 bridgehead atoms. The van der Waals surface area contributed by atoms with Crippen molar-refractivity contribution >= 4 is 0 Å². The van der Waals surface area contributed by atoms with Crippen molar-refractivity contribution in [3.05, 3.63) is 35.4 Å². The van der Waals surface area contributed by atoms with E-state index in [4.69, 9.17) is 0 Å². The molecule has 1 atom stereocenters. The van der Waals surface area contributed by atoms with Crippen LogP contribution in [0.3, 0.4) is 0 Å². The highest BCUT2D eigenvalue weighted by Crippen LogP contribution is 2.37. The SMILES string of the molecule is CC(Cc1ccc(C(C)(C)CC2CCCCC2)cc1)CN1CCCCC1. The van der Waals surface area contributed by atoms with Crippen LogP contribution in [-0.2, 0) is 11.8 Å². The Labute approximate surface area is 162 Å². The molecule has 1 saturated heterocycles. The van der Waals surface area contributed by atoms with Crippen molar-refractivity contribution in [1.82, 2.24) is 4.90 Å². The van der Waals surface area contributed by atoms with Crippen molar-refractivity contribution < 1.29 is 0 Å². The fraction of sp³-hybridized carbons (Fsp3) is 0.760. The van der Waals surface area contributed by atoms with Crippen molar-refractivity contribution in [2.24, 2.45) is 11.8 Å².